The van der Waals surface area contributed by atoms with Crippen molar-refractivity contribution >= 4 is 5.91 Å². The van der Waals surface area contributed by atoms with Gasteiger partial charge in [-0.25, -0.2) is 0 Å². The molecule has 1 aromatic heterocycles. The van der Waals surface area contributed by atoms with Crippen molar-refractivity contribution in [2.45, 2.75) is 38.3 Å². The van der Waals surface area contributed by atoms with E-state index in [1.54, 1.807) is 24.3 Å². The zero-order valence-electron chi connectivity index (χ0n) is 13.8. The highest BCUT2D eigenvalue weighted by atomic mass is 16.5. The van der Waals surface area contributed by atoms with Gasteiger partial charge in [0.05, 0.1) is 12.9 Å². The standard InChI is InChI=1S/C19H23NO4/c1-13(11-17(21)18-3-2-10-23-18)20-19(22)15-6-8-16(9-7-15)24-12-14-4-5-14/h2-3,6-10,13-14,17,21H,4-5,11-12H2,1H3,(H,20,22). The molecule has 0 bridgehead atoms. The van der Waals surface area contributed by atoms with E-state index >= 15 is 0 Å². The van der Waals surface area contributed by atoms with Crippen molar-refractivity contribution in [2.75, 3.05) is 6.61 Å². The maximum atomic E-state index is 12.3. The third-order valence-electron chi connectivity index (χ3n) is 4.13. The van der Waals surface area contributed by atoms with Gasteiger partial charge in [0.2, 0.25) is 0 Å². The minimum absolute atomic E-state index is 0.164. The molecule has 0 radical (unpaired) electrons. The van der Waals surface area contributed by atoms with Crippen molar-refractivity contribution in [3.05, 3.63) is 54.0 Å². The molecule has 5 nitrogen and oxygen atoms in total. The normalized spacial score (nSPS) is 16.4. The summed E-state index contributed by atoms with van der Waals surface area (Å²) in [5, 5.41) is 12.9. The number of amides is 1. The summed E-state index contributed by atoms with van der Waals surface area (Å²) in [5.74, 6) is 1.84. The van der Waals surface area contributed by atoms with E-state index in [1.807, 2.05) is 19.1 Å². The van der Waals surface area contributed by atoms with Crippen molar-refractivity contribution in [1.82, 2.24) is 5.32 Å². The highest BCUT2D eigenvalue weighted by Gasteiger charge is 2.22. The summed E-state index contributed by atoms with van der Waals surface area (Å²) in [6.07, 6.45) is 3.69. The predicted molar refractivity (Wildman–Crippen MR) is 89.9 cm³/mol. The van der Waals surface area contributed by atoms with Crippen molar-refractivity contribution in [1.29, 1.82) is 0 Å². The molecule has 3 rings (SSSR count). The molecule has 1 aliphatic rings. The number of benzene rings is 1. The average Bonchev–Trinajstić information content (AvgIpc) is 3.23. The highest BCUT2D eigenvalue weighted by molar-refractivity contribution is 5.94. The molecule has 2 N–H and O–H groups in total. The fourth-order valence-corrected chi connectivity index (χ4v) is 2.50. The van der Waals surface area contributed by atoms with Crippen molar-refractivity contribution in [3.8, 4) is 5.75 Å². The van der Waals surface area contributed by atoms with E-state index in [9.17, 15) is 9.90 Å². The second kappa shape index (κ2) is 7.53. The quantitative estimate of drug-likeness (QED) is 0.779. The number of carbonyl (C=O) groups is 1. The Kier molecular flexibility index (Phi) is 5.20. The summed E-state index contributed by atoms with van der Waals surface area (Å²) in [6, 6.07) is 10.4. The number of hydrogen-bond acceptors (Lipinski definition) is 4. The summed E-state index contributed by atoms with van der Waals surface area (Å²) in [7, 11) is 0. The number of nitrogens with one attached hydrogen (secondary N) is 1. The third kappa shape index (κ3) is 4.61. The van der Waals surface area contributed by atoms with Crippen LogP contribution < -0.4 is 10.1 Å². The summed E-state index contributed by atoms with van der Waals surface area (Å²) in [4.78, 5) is 12.3. The van der Waals surface area contributed by atoms with Gasteiger partial charge in [-0.15, -0.1) is 0 Å². The van der Waals surface area contributed by atoms with Crippen LogP contribution in [0.3, 0.4) is 0 Å². The molecular weight excluding hydrogens is 306 g/mol. The molecule has 1 amide bonds. The lowest BCUT2D eigenvalue weighted by molar-refractivity contribution is 0.0903. The molecule has 2 atom stereocenters. The summed E-state index contributed by atoms with van der Waals surface area (Å²) in [6.45, 7) is 2.62. The van der Waals surface area contributed by atoms with Gasteiger partial charge in [0.25, 0.3) is 5.91 Å². The average molecular weight is 329 g/mol. The zero-order chi connectivity index (χ0) is 16.9. The zero-order valence-corrected chi connectivity index (χ0v) is 13.8. The van der Waals surface area contributed by atoms with Gasteiger partial charge in [0.15, 0.2) is 0 Å². The Balaban J connectivity index is 1.48. The van der Waals surface area contributed by atoms with Gasteiger partial charge >= 0.3 is 0 Å². The summed E-state index contributed by atoms with van der Waals surface area (Å²) < 4.78 is 10.8. The van der Waals surface area contributed by atoms with Crippen LogP contribution in [-0.4, -0.2) is 23.7 Å². The van der Waals surface area contributed by atoms with Gasteiger partial charge in [-0.05, 0) is 62.1 Å². The third-order valence-corrected chi connectivity index (χ3v) is 4.13. The number of rotatable bonds is 8. The lowest BCUT2D eigenvalue weighted by atomic mass is 10.1. The van der Waals surface area contributed by atoms with Crippen LogP contribution in [0.2, 0.25) is 0 Å². The first-order valence-electron chi connectivity index (χ1n) is 8.37. The molecule has 2 unspecified atom stereocenters. The molecule has 1 heterocycles. The molecule has 1 aliphatic carbocycles. The molecule has 1 fully saturated rings. The molecule has 5 heteroatoms. The molecule has 128 valence electrons. The number of furan rings is 1. The molecule has 0 spiro atoms. The van der Waals surface area contributed by atoms with E-state index in [2.05, 4.69) is 5.32 Å². The van der Waals surface area contributed by atoms with E-state index < -0.39 is 6.10 Å². The van der Waals surface area contributed by atoms with E-state index in [-0.39, 0.29) is 11.9 Å². The molecule has 1 saturated carbocycles. The molecule has 2 aromatic rings. The number of aliphatic hydroxyl groups excluding tert-OH is 1. The number of hydrogen-bond donors (Lipinski definition) is 2. The Labute approximate surface area is 141 Å². The fraction of sp³-hybridized carbons (Fsp3) is 0.421. The van der Waals surface area contributed by atoms with Gasteiger partial charge in [0, 0.05) is 18.0 Å². The lowest BCUT2D eigenvalue weighted by Crippen LogP contribution is -2.33. The lowest BCUT2D eigenvalue weighted by Gasteiger charge is -2.17. The Morgan fingerprint density at radius 1 is 1.33 bits per heavy atom. The number of ether oxygens (including phenoxy) is 1. The molecule has 24 heavy (non-hydrogen) atoms. The first kappa shape index (κ1) is 16.6. The van der Waals surface area contributed by atoms with E-state index in [0.717, 1.165) is 12.4 Å². The minimum Gasteiger partial charge on any atom is -0.493 e. The summed E-state index contributed by atoms with van der Waals surface area (Å²) in [5.41, 5.74) is 0.577. The van der Waals surface area contributed by atoms with Gasteiger partial charge in [-0.1, -0.05) is 0 Å². The van der Waals surface area contributed by atoms with Gasteiger partial charge in [-0.3, -0.25) is 4.79 Å². The van der Waals surface area contributed by atoms with E-state index in [4.69, 9.17) is 9.15 Å². The molecular formula is C19H23NO4. The van der Waals surface area contributed by atoms with Crippen LogP contribution in [0.15, 0.2) is 47.1 Å². The molecule has 0 saturated heterocycles. The van der Waals surface area contributed by atoms with Crippen molar-refractivity contribution < 1.29 is 19.1 Å². The Morgan fingerprint density at radius 2 is 2.08 bits per heavy atom. The second-order valence-corrected chi connectivity index (χ2v) is 6.42. The maximum Gasteiger partial charge on any atom is 0.251 e. The first-order chi connectivity index (χ1) is 11.6. The first-order valence-corrected chi connectivity index (χ1v) is 8.37. The SMILES string of the molecule is CC(CC(O)c1ccco1)NC(=O)c1ccc(OCC2CC2)cc1. The molecule has 1 aromatic carbocycles. The van der Waals surface area contributed by atoms with Crippen LogP contribution in [0, 0.1) is 5.92 Å². The Bertz CT molecular complexity index is 647. The van der Waals surface area contributed by atoms with Crippen molar-refractivity contribution in [3.63, 3.8) is 0 Å². The van der Waals surface area contributed by atoms with Crippen molar-refractivity contribution in [2.24, 2.45) is 5.92 Å². The van der Waals surface area contributed by atoms with Gasteiger partial charge in [-0.2, -0.15) is 0 Å². The van der Waals surface area contributed by atoms with Crippen LogP contribution in [0.4, 0.5) is 0 Å². The van der Waals surface area contributed by atoms with Crippen LogP contribution in [-0.2, 0) is 0 Å². The monoisotopic (exact) mass is 329 g/mol. The summed E-state index contributed by atoms with van der Waals surface area (Å²) >= 11 is 0. The van der Waals surface area contributed by atoms with Gasteiger partial charge < -0.3 is 19.6 Å². The van der Waals surface area contributed by atoms with E-state index in [0.29, 0.717) is 23.7 Å². The van der Waals surface area contributed by atoms with Crippen LogP contribution in [0.25, 0.3) is 0 Å². The Hall–Kier alpha value is -2.27. The molecule has 0 aliphatic heterocycles. The Morgan fingerprint density at radius 3 is 2.71 bits per heavy atom. The maximum absolute atomic E-state index is 12.3. The number of carbonyl (C=O) groups excluding carboxylic acids is 1. The van der Waals surface area contributed by atoms with Crippen LogP contribution in [0.5, 0.6) is 5.75 Å². The highest BCUT2D eigenvalue weighted by Crippen LogP contribution is 2.29. The number of aliphatic hydroxyl groups is 1. The van der Waals surface area contributed by atoms with Crippen LogP contribution >= 0.6 is 0 Å². The largest absolute Gasteiger partial charge is 0.493 e. The minimum atomic E-state index is -0.728. The smallest absolute Gasteiger partial charge is 0.251 e. The predicted octanol–water partition coefficient (Wildman–Crippen LogP) is 3.31. The van der Waals surface area contributed by atoms with Gasteiger partial charge in [0.1, 0.15) is 17.6 Å². The topological polar surface area (TPSA) is 71.7 Å². The second-order valence-electron chi connectivity index (χ2n) is 6.42. The van der Waals surface area contributed by atoms with E-state index in [1.165, 1.54) is 19.1 Å². The fourth-order valence-electron chi connectivity index (χ4n) is 2.50. The van der Waals surface area contributed by atoms with Crippen LogP contribution in [0.1, 0.15) is 48.4 Å².